The van der Waals surface area contributed by atoms with Gasteiger partial charge in [-0.15, -0.1) is 0 Å². The van der Waals surface area contributed by atoms with E-state index in [-0.39, 0.29) is 18.1 Å². The molecular formula is C10H10O3. The van der Waals surface area contributed by atoms with E-state index in [4.69, 9.17) is 5.11 Å². The topological polar surface area (TPSA) is 57.5 Å². The Morgan fingerprint density at radius 1 is 1.54 bits per heavy atom. The zero-order valence-electron chi connectivity index (χ0n) is 7.03. The predicted molar refractivity (Wildman–Crippen MR) is 48.6 cm³/mol. The quantitative estimate of drug-likeness (QED) is 0.541. The fourth-order valence-corrected chi connectivity index (χ4v) is 0.983. The Kier molecular flexibility index (Phi) is 2.82. The average Bonchev–Trinajstić information content (AvgIpc) is 2.17. The molecule has 2 N–H and O–H groups in total. The third kappa shape index (κ3) is 1.95. The molecular weight excluding hydrogens is 168 g/mol. The molecule has 0 saturated heterocycles. The highest BCUT2D eigenvalue weighted by Gasteiger charge is 2.05. The monoisotopic (exact) mass is 178 g/mol. The summed E-state index contributed by atoms with van der Waals surface area (Å²) in [6, 6.07) is 4.31. The number of hydrogen-bond donors (Lipinski definition) is 2. The van der Waals surface area contributed by atoms with E-state index in [0.29, 0.717) is 11.1 Å². The zero-order valence-corrected chi connectivity index (χ0v) is 7.03. The van der Waals surface area contributed by atoms with E-state index in [9.17, 15) is 9.90 Å². The lowest BCUT2D eigenvalue weighted by molar-refractivity contribution is 0.104. The lowest BCUT2D eigenvalue weighted by Crippen LogP contribution is -1.95. The summed E-state index contributed by atoms with van der Waals surface area (Å²) in [6.45, 7) is 3.05. The fourth-order valence-electron chi connectivity index (χ4n) is 0.983. The SMILES string of the molecule is C=CC(=O)c1ccc(O)c(CO)c1. The normalized spacial score (nSPS) is 9.62. The van der Waals surface area contributed by atoms with Crippen LogP contribution in [0.3, 0.4) is 0 Å². The highest BCUT2D eigenvalue weighted by molar-refractivity contribution is 6.04. The number of carbonyl (C=O) groups excluding carboxylic acids is 1. The molecule has 0 unspecified atom stereocenters. The molecule has 3 nitrogen and oxygen atoms in total. The standard InChI is InChI=1S/C10H10O3/c1-2-9(12)7-3-4-10(13)8(5-7)6-11/h2-5,11,13H,1,6H2. The van der Waals surface area contributed by atoms with E-state index in [0.717, 1.165) is 0 Å². The summed E-state index contributed by atoms with van der Waals surface area (Å²) in [7, 11) is 0. The highest BCUT2D eigenvalue weighted by atomic mass is 16.3. The molecule has 0 radical (unpaired) electrons. The Hall–Kier alpha value is -1.61. The summed E-state index contributed by atoms with van der Waals surface area (Å²) >= 11 is 0. The van der Waals surface area contributed by atoms with Gasteiger partial charge in [-0.05, 0) is 24.3 Å². The molecule has 0 amide bonds. The van der Waals surface area contributed by atoms with Crippen molar-refractivity contribution in [2.45, 2.75) is 6.61 Å². The molecule has 0 aliphatic heterocycles. The molecule has 0 bridgehead atoms. The fraction of sp³-hybridized carbons (Fsp3) is 0.100. The first-order chi connectivity index (χ1) is 6.19. The number of ketones is 1. The maximum absolute atomic E-state index is 11.1. The van der Waals surface area contributed by atoms with Gasteiger partial charge in [-0.1, -0.05) is 6.58 Å². The minimum absolute atomic E-state index is 0.0110. The first-order valence-corrected chi connectivity index (χ1v) is 3.78. The lowest BCUT2D eigenvalue weighted by atomic mass is 10.1. The van der Waals surface area contributed by atoms with Crippen LogP contribution in [0.2, 0.25) is 0 Å². The predicted octanol–water partition coefficient (Wildman–Crippen LogP) is 1.25. The second kappa shape index (κ2) is 3.87. The molecule has 1 rings (SSSR count). The van der Waals surface area contributed by atoms with Crippen LogP contribution in [0.25, 0.3) is 0 Å². The third-order valence-electron chi connectivity index (χ3n) is 1.72. The maximum Gasteiger partial charge on any atom is 0.185 e. The molecule has 1 aromatic rings. The van der Waals surface area contributed by atoms with Crippen LogP contribution in [0.15, 0.2) is 30.9 Å². The minimum Gasteiger partial charge on any atom is -0.508 e. The van der Waals surface area contributed by atoms with Gasteiger partial charge in [0.25, 0.3) is 0 Å². The van der Waals surface area contributed by atoms with Crippen molar-refractivity contribution < 1.29 is 15.0 Å². The molecule has 0 atom stereocenters. The molecule has 1 aromatic carbocycles. The number of aromatic hydroxyl groups is 1. The Labute approximate surface area is 76.0 Å². The van der Waals surface area contributed by atoms with Gasteiger partial charge in [0.2, 0.25) is 0 Å². The summed E-state index contributed by atoms with van der Waals surface area (Å²) < 4.78 is 0. The average molecular weight is 178 g/mol. The number of aliphatic hydroxyl groups excluding tert-OH is 1. The van der Waals surface area contributed by atoms with Gasteiger partial charge in [-0.2, -0.15) is 0 Å². The van der Waals surface area contributed by atoms with E-state index in [1.807, 2.05) is 0 Å². The molecule has 0 aliphatic carbocycles. The molecule has 0 aliphatic rings. The van der Waals surface area contributed by atoms with Gasteiger partial charge in [0, 0.05) is 11.1 Å². The van der Waals surface area contributed by atoms with Crippen LogP contribution in [0.4, 0.5) is 0 Å². The van der Waals surface area contributed by atoms with Gasteiger partial charge >= 0.3 is 0 Å². The third-order valence-corrected chi connectivity index (χ3v) is 1.72. The van der Waals surface area contributed by atoms with E-state index in [2.05, 4.69) is 6.58 Å². The number of hydrogen-bond acceptors (Lipinski definition) is 3. The van der Waals surface area contributed by atoms with Gasteiger partial charge in [0.05, 0.1) is 6.61 Å². The van der Waals surface area contributed by atoms with Gasteiger partial charge < -0.3 is 10.2 Å². The number of aliphatic hydroxyl groups is 1. The van der Waals surface area contributed by atoms with Crippen LogP contribution < -0.4 is 0 Å². The Morgan fingerprint density at radius 3 is 2.77 bits per heavy atom. The van der Waals surface area contributed by atoms with Gasteiger partial charge in [0.1, 0.15) is 5.75 Å². The maximum atomic E-state index is 11.1. The summed E-state index contributed by atoms with van der Waals surface area (Å²) in [4.78, 5) is 11.1. The van der Waals surface area contributed by atoms with Crippen LogP contribution in [0.1, 0.15) is 15.9 Å². The van der Waals surface area contributed by atoms with Crippen molar-refractivity contribution in [3.8, 4) is 5.75 Å². The van der Waals surface area contributed by atoms with E-state index in [1.165, 1.54) is 24.3 Å². The highest BCUT2D eigenvalue weighted by Crippen LogP contribution is 2.18. The summed E-state index contributed by atoms with van der Waals surface area (Å²) in [5.74, 6) is -0.238. The molecule has 0 aromatic heterocycles. The van der Waals surface area contributed by atoms with Gasteiger partial charge in [-0.25, -0.2) is 0 Å². The zero-order chi connectivity index (χ0) is 9.84. The van der Waals surface area contributed by atoms with Crippen molar-refractivity contribution in [3.05, 3.63) is 42.0 Å². The van der Waals surface area contributed by atoms with Crippen LogP contribution in [-0.4, -0.2) is 16.0 Å². The number of benzene rings is 1. The van der Waals surface area contributed by atoms with Gasteiger partial charge in [-0.3, -0.25) is 4.79 Å². The number of rotatable bonds is 3. The second-order valence-electron chi connectivity index (χ2n) is 2.57. The summed E-state index contributed by atoms with van der Waals surface area (Å²) in [5, 5.41) is 18.0. The molecule has 0 spiro atoms. The van der Waals surface area contributed by atoms with Crippen molar-refractivity contribution in [3.63, 3.8) is 0 Å². The first kappa shape index (κ1) is 9.48. The molecule has 3 heteroatoms. The lowest BCUT2D eigenvalue weighted by Gasteiger charge is -2.02. The van der Waals surface area contributed by atoms with Crippen molar-refractivity contribution in [2.75, 3.05) is 0 Å². The van der Waals surface area contributed by atoms with E-state index < -0.39 is 0 Å². The largest absolute Gasteiger partial charge is 0.508 e. The van der Waals surface area contributed by atoms with Crippen LogP contribution in [-0.2, 0) is 6.61 Å². The van der Waals surface area contributed by atoms with Crippen LogP contribution in [0.5, 0.6) is 5.75 Å². The molecule has 0 fully saturated rings. The van der Waals surface area contributed by atoms with Crippen molar-refractivity contribution >= 4 is 5.78 Å². The first-order valence-electron chi connectivity index (χ1n) is 3.78. The molecule has 68 valence electrons. The van der Waals surface area contributed by atoms with Gasteiger partial charge in [0.15, 0.2) is 5.78 Å². The van der Waals surface area contributed by atoms with Crippen molar-refractivity contribution in [2.24, 2.45) is 0 Å². The van der Waals surface area contributed by atoms with E-state index >= 15 is 0 Å². The van der Waals surface area contributed by atoms with Crippen molar-refractivity contribution in [1.82, 2.24) is 0 Å². The van der Waals surface area contributed by atoms with Crippen LogP contribution in [0, 0.1) is 0 Å². The van der Waals surface area contributed by atoms with Crippen molar-refractivity contribution in [1.29, 1.82) is 0 Å². The number of allylic oxidation sites excluding steroid dienone is 1. The van der Waals surface area contributed by atoms with E-state index in [1.54, 1.807) is 0 Å². The molecule has 13 heavy (non-hydrogen) atoms. The smallest absolute Gasteiger partial charge is 0.185 e. The minimum atomic E-state index is -0.288. The second-order valence-corrected chi connectivity index (χ2v) is 2.57. The Bertz CT molecular complexity index is 342. The Balaban J connectivity index is 3.13. The number of phenols is 1. The number of carbonyl (C=O) groups is 1. The molecule has 0 heterocycles. The summed E-state index contributed by atoms with van der Waals surface area (Å²) in [6.07, 6.45) is 1.19. The Morgan fingerprint density at radius 2 is 2.23 bits per heavy atom. The molecule has 0 saturated carbocycles. The summed E-state index contributed by atoms with van der Waals surface area (Å²) in [5.41, 5.74) is 0.754. The van der Waals surface area contributed by atoms with Crippen LogP contribution >= 0.6 is 0 Å².